The molecule has 5 nitrogen and oxygen atoms in total. The molecule has 112 valence electrons. The Labute approximate surface area is 123 Å². The smallest absolute Gasteiger partial charge is 0.308 e. The Kier molecular flexibility index (Phi) is 5.66. The van der Waals surface area contributed by atoms with Crippen LogP contribution in [0.15, 0.2) is 29.2 Å². The minimum atomic E-state index is -2.99. The maximum absolute atomic E-state index is 12.4. The van der Waals surface area contributed by atoms with Gasteiger partial charge in [0.15, 0.2) is 0 Å². The van der Waals surface area contributed by atoms with Gasteiger partial charge in [-0.15, -0.1) is 0 Å². The summed E-state index contributed by atoms with van der Waals surface area (Å²) in [5, 5.41) is 0. The van der Waals surface area contributed by atoms with E-state index in [0.29, 0.717) is 13.0 Å². The highest BCUT2D eigenvalue weighted by atomic mass is 32.2. The molecule has 2 atom stereocenters. The maximum atomic E-state index is 12.4. The van der Waals surface area contributed by atoms with E-state index in [0.717, 1.165) is 22.5 Å². The average Bonchev–Trinajstić information content (AvgIpc) is 2.45. The summed E-state index contributed by atoms with van der Waals surface area (Å²) < 4.78 is 28.3. The minimum Gasteiger partial charge on any atom is -0.308 e. The van der Waals surface area contributed by atoms with Crippen molar-refractivity contribution in [1.82, 2.24) is 0 Å². The molecule has 0 bridgehead atoms. The van der Waals surface area contributed by atoms with Gasteiger partial charge in [-0.05, 0) is 17.7 Å². The van der Waals surface area contributed by atoms with Gasteiger partial charge in [-0.2, -0.15) is 4.33 Å². The number of hydrogen-bond acceptors (Lipinski definition) is 6. The van der Waals surface area contributed by atoms with Crippen LogP contribution in [-0.4, -0.2) is 19.4 Å². The van der Waals surface area contributed by atoms with Crippen molar-refractivity contribution < 1.29 is 22.8 Å². The van der Waals surface area contributed by atoms with Crippen LogP contribution < -0.4 is 0 Å². The van der Waals surface area contributed by atoms with Crippen molar-refractivity contribution in [2.24, 2.45) is 0 Å². The normalized spacial score (nSPS) is 26.9. The lowest BCUT2D eigenvalue weighted by molar-refractivity contribution is -0.160. The van der Waals surface area contributed by atoms with Crippen molar-refractivity contribution in [3.8, 4) is 0 Å². The van der Waals surface area contributed by atoms with Gasteiger partial charge in [0, 0.05) is 11.3 Å². The SMILES string of the molecule is COOSc1ccc(C2CCOP(=O)(C(C)C)O2)cc1. The van der Waals surface area contributed by atoms with Gasteiger partial charge >= 0.3 is 7.60 Å². The van der Waals surface area contributed by atoms with Gasteiger partial charge in [-0.25, -0.2) is 4.89 Å². The number of benzene rings is 1. The Balaban J connectivity index is 2.06. The quantitative estimate of drug-likeness (QED) is 0.348. The second-order valence-electron chi connectivity index (χ2n) is 4.74. The second kappa shape index (κ2) is 7.07. The zero-order valence-electron chi connectivity index (χ0n) is 11.8. The Morgan fingerprint density at radius 1 is 1.35 bits per heavy atom. The molecular formula is C13H19O5PS. The fourth-order valence-electron chi connectivity index (χ4n) is 1.86. The lowest BCUT2D eigenvalue weighted by Crippen LogP contribution is -2.18. The summed E-state index contributed by atoms with van der Waals surface area (Å²) >= 11 is 1.14. The van der Waals surface area contributed by atoms with E-state index < -0.39 is 7.60 Å². The van der Waals surface area contributed by atoms with E-state index in [1.807, 2.05) is 38.1 Å². The van der Waals surface area contributed by atoms with E-state index in [4.69, 9.17) is 13.4 Å². The topological polar surface area (TPSA) is 54.0 Å². The maximum Gasteiger partial charge on any atom is 0.333 e. The Morgan fingerprint density at radius 2 is 2.05 bits per heavy atom. The number of hydrogen-bond donors (Lipinski definition) is 0. The lowest BCUT2D eigenvalue weighted by atomic mass is 10.1. The van der Waals surface area contributed by atoms with E-state index in [-0.39, 0.29) is 11.8 Å². The fourth-order valence-corrected chi connectivity index (χ4v) is 3.80. The van der Waals surface area contributed by atoms with Crippen molar-refractivity contribution in [3.05, 3.63) is 29.8 Å². The molecule has 0 N–H and O–H groups in total. The molecule has 1 aromatic rings. The summed E-state index contributed by atoms with van der Waals surface area (Å²) in [6.07, 6.45) is 0.525. The molecule has 1 fully saturated rings. The van der Waals surface area contributed by atoms with Crippen molar-refractivity contribution in [2.75, 3.05) is 13.7 Å². The van der Waals surface area contributed by atoms with Gasteiger partial charge in [-0.3, -0.25) is 4.57 Å². The third kappa shape index (κ3) is 3.85. The van der Waals surface area contributed by atoms with Crippen LogP contribution in [-0.2, 0) is 22.8 Å². The Hall–Kier alpha value is -0.360. The summed E-state index contributed by atoms with van der Waals surface area (Å²) in [4.78, 5) is 5.46. The van der Waals surface area contributed by atoms with Crippen LogP contribution in [0.3, 0.4) is 0 Å². The average molecular weight is 318 g/mol. The third-order valence-corrected chi connectivity index (χ3v) is 6.03. The molecule has 0 saturated carbocycles. The standard InChI is InChI=1S/C13H19O5PS/c1-10(2)19(14)16-9-8-13(17-19)11-4-6-12(7-5-11)20-18-15-3/h4-7,10,13H,8-9H2,1-3H3. The molecule has 0 aromatic heterocycles. The lowest BCUT2D eigenvalue weighted by Gasteiger charge is -2.32. The number of rotatable bonds is 5. The summed E-state index contributed by atoms with van der Waals surface area (Å²) in [5.41, 5.74) is 0.867. The van der Waals surface area contributed by atoms with Crippen LogP contribution in [0.4, 0.5) is 0 Å². The van der Waals surface area contributed by atoms with Crippen LogP contribution in [0.1, 0.15) is 31.9 Å². The van der Waals surface area contributed by atoms with Crippen LogP contribution in [0.25, 0.3) is 0 Å². The molecule has 0 spiro atoms. The summed E-state index contributed by atoms with van der Waals surface area (Å²) in [6.45, 7) is 4.17. The van der Waals surface area contributed by atoms with Gasteiger partial charge in [0.25, 0.3) is 0 Å². The molecule has 1 heterocycles. The molecule has 1 saturated heterocycles. The van der Waals surface area contributed by atoms with E-state index in [9.17, 15) is 4.57 Å². The molecule has 1 aromatic carbocycles. The highest BCUT2D eigenvalue weighted by molar-refractivity contribution is 7.94. The fraction of sp³-hybridized carbons (Fsp3) is 0.538. The van der Waals surface area contributed by atoms with Crippen LogP contribution in [0.5, 0.6) is 0 Å². The van der Waals surface area contributed by atoms with Gasteiger partial charge in [0.2, 0.25) is 0 Å². The molecular weight excluding hydrogens is 299 g/mol. The van der Waals surface area contributed by atoms with E-state index in [1.165, 1.54) is 7.11 Å². The zero-order chi connectivity index (χ0) is 14.6. The van der Waals surface area contributed by atoms with E-state index in [1.54, 1.807) is 0 Å². The first-order valence-corrected chi connectivity index (χ1v) is 8.80. The summed E-state index contributed by atoms with van der Waals surface area (Å²) in [7, 11) is -1.53. The van der Waals surface area contributed by atoms with Gasteiger partial charge in [-0.1, -0.05) is 26.0 Å². The molecule has 20 heavy (non-hydrogen) atoms. The molecule has 0 aliphatic carbocycles. The molecule has 1 aliphatic heterocycles. The molecule has 7 heteroatoms. The summed E-state index contributed by atoms with van der Waals surface area (Å²) in [6, 6.07) is 7.72. The van der Waals surface area contributed by atoms with Crippen molar-refractivity contribution in [2.45, 2.75) is 36.9 Å². The van der Waals surface area contributed by atoms with E-state index >= 15 is 0 Å². The van der Waals surface area contributed by atoms with E-state index in [2.05, 4.69) is 4.89 Å². The molecule has 1 aliphatic rings. The predicted molar refractivity (Wildman–Crippen MR) is 77.5 cm³/mol. The Morgan fingerprint density at radius 3 is 2.65 bits per heavy atom. The summed E-state index contributed by atoms with van der Waals surface area (Å²) in [5.74, 6) is 0. The second-order valence-corrected chi connectivity index (χ2v) is 8.09. The largest absolute Gasteiger partial charge is 0.333 e. The van der Waals surface area contributed by atoms with Crippen molar-refractivity contribution in [1.29, 1.82) is 0 Å². The molecule has 2 unspecified atom stereocenters. The predicted octanol–water partition coefficient (Wildman–Crippen LogP) is 4.35. The van der Waals surface area contributed by atoms with Gasteiger partial charge < -0.3 is 9.05 Å². The molecule has 0 amide bonds. The zero-order valence-corrected chi connectivity index (χ0v) is 13.5. The first kappa shape index (κ1) is 16.0. The highest BCUT2D eigenvalue weighted by Gasteiger charge is 2.37. The third-order valence-electron chi connectivity index (χ3n) is 3.01. The monoisotopic (exact) mass is 318 g/mol. The molecule has 0 radical (unpaired) electrons. The van der Waals surface area contributed by atoms with Crippen molar-refractivity contribution in [3.63, 3.8) is 0 Å². The minimum absolute atomic E-state index is 0.129. The molecule has 2 rings (SSSR count). The van der Waals surface area contributed by atoms with Gasteiger partial charge in [0.05, 0.1) is 37.5 Å². The Bertz CT molecular complexity index is 476. The van der Waals surface area contributed by atoms with Crippen LogP contribution in [0.2, 0.25) is 0 Å². The van der Waals surface area contributed by atoms with Crippen LogP contribution >= 0.6 is 19.6 Å². The first-order chi connectivity index (χ1) is 9.55. The highest BCUT2D eigenvalue weighted by Crippen LogP contribution is 2.59. The van der Waals surface area contributed by atoms with Crippen molar-refractivity contribution >= 4 is 19.6 Å². The van der Waals surface area contributed by atoms with Gasteiger partial charge in [0.1, 0.15) is 0 Å². The van der Waals surface area contributed by atoms with Crippen LogP contribution in [0, 0.1) is 0 Å². The first-order valence-electron chi connectivity index (χ1n) is 6.45.